The molecule has 0 aromatic carbocycles. The molecule has 2 aromatic heterocycles. The van der Waals surface area contributed by atoms with Gasteiger partial charge in [-0.3, -0.25) is 5.10 Å². The van der Waals surface area contributed by atoms with Crippen LogP contribution in [0.4, 0.5) is 5.82 Å². The van der Waals surface area contributed by atoms with E-state index >= 15 is 0 Å². The molecule has 4 rings (SSSR count). The fourth-order valence-corrected chi connectivity index (χ4v) is 4.61. The number of fused-ring (bicyclic) bond motifs is 1. The maximum absolute atomic E-state index is 12.1. The Balaban J connectivity index is 1.41. The van der Waals surface area contributed by atoms with Gasteiger partial charge in [0, 0.05) is 32.6 Å². The molecule has 1 aliphatic heterocycles. The lowest BCUT2D eigenvalue weighted by molar-refractivity contribution is 0.326. The van der Waals surface area contributed by atoms with E-state index in [1.54, 1.807) is 13.2 Å². The molecule has 118 valence electrons. The van der Waals surface area contributed by atoms with E-state index in [1.807, 2.05) is 0 Å². The summed E-state index contributed by atoms with van der Waals surface area (Å²) in [4.78, 5) is 10.6. The molecule has 3 heterocycles. The van der Waals surface area contributed by atoms with Crippen LogP contribution in [-0.4, -0.2) is 64.8 Å². The Morgan fingerprint density at radius 2 is 2.14 bits per heavy atom. The van der Waals surface area contributed by atoms with Crippen LogP contribution in [-0.2, 0) is 10.0 Å². The normalized spacial score (nSPS) is 19.8. The summed E-state index contributed by atoms with van der Waals surface area (Å²) in [6, 6.07) is 0. The third-order valence-corrected chi connectivity index (χ3v) is 6.71. The van der Waals surface area contributed by atoms with Crippen molar-refractivity contribution in [1.29, 1.82) is 0 Å². The summed E-state index contributed by atoms with van der Waals surface area (Å²) in [5.41, 5.74) is 0.724. The highest BCUT2D eigenvalue weighted by atomic mass is 32.2. The van der Waals surface area contributed by atoms with Gasteiger partial charge in [0.15, 0.2) is 5.65 Å². The lowest BCUT2D eigenvalue weighted by atomic mass is 10.00. The van der Waals surface area contributed by atoms with Crippen LogP contribution in [0.15, 0.2) is 12.5 Å². The first-order valence-electron chi connectivity index (χ1n) is 7.40. The maximum atomic E-state index is 12.1. The van der Waals surface area contributed by atoms with Gasteiger partial charge in [-0.2, -0.15) is 5.10 Å². The van der Waals surface area contributed by atoms with Crippen LogP contribution in [0.1, 0.15) is 12.8 Å². The SMILES string of the molecule is CN(CC1CN(c2ncnc3[nH]ncc23)C1)S(=O)(=O)C1CC1. The zero-order valence-electron chi connectivity index (χ0n) is 12.3. The molecule has 8 nitrogen and oxygen atoms in total. The molecule has 0 amide bonds. The number of H-pyrrole nitrogens is 1. The summed E-state index contributed by atoms with van der Waals surface area (Å²) in [7, 11) is -1.38. The zero-order chi connectivity index (χ0) is 15.3. The fourth-order valence-electron chi connectivity index (χ4n) is 2.95. The van der Waals surface area contributed by atoms with E-state index in [0.29, 0.717) is 12.5 Å². The van der Waals surface area contributed by atoms with E-state index in [4.69, 9.17) is 0 Å². The second kappa shape index (κ2) is 4.88. The molecular weight excluding hydrogens is 304 g/mol. The molecule has 1 N–H and O–H groups in total. The van der Waals surface area contributed by atoms with Crippen molar-refractivity contribution >= 4 is 26.9 Å². The molecule has 1 saturated carbocycles. The van der Waals surface area contributed by atoms with Crippen LogP contribution in [0.25, 0.3) is 11.0 Å². The molecule has 2 fully saturated rings. The second-order valence-electron chi connectivity index (χ2n) is 6.13. The van der Waals surface area contributed by atoms with Gasteiger partial charge in [-0.25, -0.2) is 22.7 Å². The third-order valence-electron chi connectivity index (χ3n) is 4.38. The van der Waals surface area contributed by atoms with Gasteiger partial charge < -0.3 is 4.90 Å². The maximum Gasteiger partial charge on any atom is 0.216 e. The van der Waals surface area contributed by atoms with Crippen molar-refractivity contribution in [2.45, 2.75) is 18.1 Å². The van der Waals surface area contributed by atoms with Gasteiger partial charge in [-0.1, -0.05) is 0 Å². The number of hydrogen-bond donors (Lipinski definition) is 1. The van der Waals surface area contributed by atoms with E-state index in [0.717, 1.165) is 42.8 Å². The number of nitrogens with zero attached hydrogens (tertiary/aromatic N) is 5. The van der Waals surface area contributed by atoms with Crippen molar-refractivity contribution < 1.29 is 8.42 Å². The molecule has 0 radical (unpaired) electrons. The van der Waals surface area contributed by atoms with Gasteiger partial charge in [-0.15, -0.1) is 0 Å². The Morgan fingerprint density at radius 1 is 1.36 bits per heavy atom. The molecule has 0 atom stereocenters. The monoisotopic (exact) mass is 322 g/mol. The Kier molecular flexibility index (Phi) is 3.08. The Bertz CT molecular complexity index is 794. The van der Waals surface area contributed by atoms with Crippen molar-refractivity contribution in [1.82, 2.24) is 24.5 Å². The highest BCUT2D eigenvalue weighted by Crippen LogP contribution is 2.32. The van der Waals surface area contributed by atoms with E-state index in [2.05, 4.69) is 25.1 Å². The van der Waals surface area contributed by atoms with E-state index in [9.17, 15) is 8.42 Å². The van der Waals surface area contributed by atoms with Crippen molar-refractivity contribution in [3.05, 3.63) is 12.5 Å². The van der Waals surface area contributed by atoms with Crippen LogP contribution in [0.5, 0.6) is 0 Å². The first-order chi connectivity index (χ1) is 10.6. The quantitative estimate of drug-likeness (QED) is 0.846. The minimum atomic E-state index is -3.07. The highest BCUT2D eigenvalue weighted by molar-refractivity contribution is 7.90. The molecule has 9 heteroatoms. The first kappa shape index (κ1) is 13.9. The number of anilines is 1. The topological polar surface area (TPSA) is 95.1 Å². The lowest BCUT2D eigenvalue weighted by Crippen LogP contribution is -2.52. The van der Waals surface area contributed by atoms with E-state index in [1.165, 1.54) is 10.6 Å². The summed E-state index contributed by atoms with van der Waals surface area (Å²) in [6.45, 7) is 2.19. The van der Waals surface area contributed by atoms with Crippen LogP contribution < -0.4 is 4.90 Å². The molecular formula is C13H18N6O2S. The average Bonchev–Trinajstić information content (AvgIpc) is 3.20. The number of sulfonamides is 1. The van der Waals surface area contributed by atoms with Crippen molar-refractivity contribution in [3.8, 4) is 0 Å². The standard InChI is InChI=1S/C13H18N6O2S/c1-18(22(20,21)10-2-3-10)5-9-6-19(7-9)13-11-4-16-17-12(11)14-8-15-13/h4,8-10H,2-3,5-7H2,1H3,(H,14,15,16,17). The molecule has 0 bridgehead atoms. The van der Waals surface area contributed by atoms with Crippen LogP contribution in [0, 0.1) is 5.92 Å². The minimum absolute atomic E-state index is 0.138. The number of aromatic amines is 1. The smallest absolute Gasteiger partial charge is 0.216 e. The molecule has 2 aromatic rings. The predicted octanol–water partition coefficient (Wildman–Crippen LogP) is 0.213. The summed E-state index contributed by atoms with van der Waals surface area (Å²) < 4.78 is 25.8. The Hall–Kier alpha value is -1.74. The van der Waals surface area contributed by atoms with Crippen LogP contribution >= 0.6 is 0 Å². The van der Waals surface area contributed by atoms with Gasteiger partial charge in [0.25, 0.3) is 0 Å². The lowest BCUT2D eigenvalue weighted by Gasteiger charge is -2.41. The van der Waals surface area contributed by atoms with E-state index in [-0.39, 0.29) is 5.25 Å². The molecule has 2 aliphatic rings. The third kappa shape index (κ3) is 2.24. The van der Waals surface area contributed by atoms with Gasteiger partial charge in [0.05, 0.1) is 16.8 Å². The average molecular weight is 322 g/mol. The number of aromatic nitrogens is 4. The molecule has 1 saturated heterocycles. The summed E-state index contributed by atoms with van der Waals surface area (Å²) in [5.74, 6) is 1.21. The molecule has 0 spiro atoms. The Morgan fingerprint density at radius 3 is 2.86 bits per heavy atom. The van der Waals surface area contributed by atoms with Gasteiger partial charge in [-0.05, 0) is 12.8 Å². The Labute approximate surface area is 128 Å². The fraction of sp³-hybridized carbons (Fsp3) is 0.615. The largest absolute Gasteiger partial charge is 0.355 e. The van der Waals surface area contributed by atoms with Crippen LogP contribution in [0.3, 0.4) is 0 Å². The highest BCUT2D eigenvalue weighted by Gasteiger charge is 2.40. The van der Waals surface area contributed by atoms with Crippen LogP contribution in [0.2, 0.25) is 0 Å². The minimum Gasteiger partial charge on any atom is -0.355 e. The second-order valence-corrected chi connectivity index (χ2v) is 8.45. The number of hydrogen-bond acceptors (Lipinski definition) is 6. The summed E-state index contributed by atoms with van der Waals surface area (Å²) >= 11 is 0. The first-order valence-corrected chi connectivity index (χ1v) is 8.90. The number of rotatable bonds is 5. The predicted molar refractivity (Wildman–Crippen MR) is 82.0 cm³/mol. The molecule has 1 aliphatic carbocycles. The molecule has 0 unspecified atom stereocenters. The van der Waals surface area contributed by atoms with Gasteiger partial charge >= 0.3 is 0 Å². The van der Waals surface area contributed by atoms with Crippen molar-refractivity contribution in [2.75, 3.05) is 31.6 Å². The van der Waals surface area contributed by atoms with Gasteiger partial charge in [0.2, 0.25) is 10.0 Å². The zero-order valence-corrected chi connectivity index (χ0v) is 13.1. The van der Waals surface area contributed by atoms with Crippen molar-refractivity contribution in [3.63, 3.8) is 0 Å². The number of nitrogens with one attached hydrogen (secondary N) is 1. The van der Waals surface area contributed by atoms with Crippen molar-refractivity contribution in [2.24, 2.45) is 5.92 Å². The van der Waals surface area contributed by atoms with Gasteiger partial charge in [0.1, 0.15) is 12.1 Å². The summed E-state index contributed by atoms with van der Waals surface area (Å²) in [5, 5.41) is 7.58. The molecule has 22 heavy (non-hydrogen) atoms. The van der Waals surface area contributed by atoms with E-state index < -0.39 is 10.0 Å². The summed E-state index contributed by atoms with van der Waals surface area (Å²) in [6.07, 6.45) is 4.86.